The molecule has 0 fully saturated rings. The van der Waals surface area contributed by atoms with Gasteiger partial charge in [-0.15, -0.1) is 11.8 Å². The number of ether oxygens (including phenoxy) is 1. The van der Waals surface area contributed by atoms with Crippen molar-refractivity contribution < 1.29 is 4.74 Å². The van der Waals surface area contributed by atoms with Gasteiger partial charge in [0, 0.05) is 12.8 Å². The van der Waals surface area contributed by atoms with Crippen LogP contribution >= 0.6 is 0 Å². The molecular weight excluding hydrogens is 208 g/mol. The summed E-state index contributed by atoms with van der Waals surface area (Å²) >= 11 is 0. The first-order valence-corrected chi connectivity index (χ1v) is 6.38. The molecule has 1 heteroatoms. The number of hydrogen-bond acceptors (Lipinski definition) is 1. The van der Waals surface area contributed by atoms with E-state index in [1.54, 1.807) is 0 Å². The van der Waals surface area contributed by atoms with Crippen LogP contribution < -0.4 is 4.74 Å². The monoisotopic (exact) mass is 230 g/mol. The number of rotatable bonds is 4. The summed E-state index contributed by atoms with van der Waals surface area (Å²) in [6.07, 6.45) is 1.87. The van der Waals surface area contributed by atoms with E-state index >= 15 is 0 Å². The molecule has 92 valence electrons. The van der Waals surface area contributed by atoms with Gasteiger partial charge in [-0.05, 0) is 43.0 Å². The lowest BCUT2D eigenvalue weighted by Crippen LogP contribution is -1.98. The van der Waals surface area contributed by atoms with Crippen molar-refractivity contribution in [3.8, 4) is 17.6 Å². The molecule has 0 aliphatic heterocycles. The summed E-state index contributed by atoms with van der Waals surface area (Å²) in [6.45, 7) is 9.18. The second-order valence-corrected chi connectivity index (χ2v) is 4.26. The minimum Gasteiger partial charge on any atom is -0.494 e. The fourth-order valence-electron chi connectivity index (χ4n) is 1.92. The molecular formula is C16H22O. The lowest BCUT2D eigenvalue weighted by atomic mass is 9.94. The quantitative estimate of drug-likeness (QED) is 0.701. The van der Waals surface area contributed by atoms with Gasteiger partial charge >= 0.3 is 0 Å². The van der Waals surface area contributed by atoms with Gasteiger partial charge in [-0.1, -0.05) is 19.9 Å². The van der Waals surface area contributed by atoms with E-state index in [0.717, 1.165) is 25.2 Å². The van der Waals surface area contributed by atoms with Gasteiger partial charge < -0.3 is 4.74 Å². The topological polar surface area (TPSA) is 9.23 Å². The largest absolute Gasteiger partial charge is 0.494 e. The molecule has 0 saturated heterocycles. The first-order valence-electron chi connectivity index (χ1n) is 6.38. The second kappa shape index (κ2) is 7.01. The fraction of sp³-hybridized carbons (Fsp3) is 0.500. The van der Waals surface area contributed by atoms with E-state index in [2.05, 4.69) is 50.8 Å². The van der Waals surface area contributed by atoms with Crippen molar-refractivity contribution in [1.82, 2.24) is 0 Å². The minimum absolute atomic E-state index is 0.490. The Kier molecular flexibility index (Phi) is 5.63. The van der Waals surface area contributed by atoms with Crippen molar-refractivity contribution in [3.05, 3.63) is 29.3 Å². The molecule has 0 heterocycles. The molecule has 0 N–H and O–H groups in total. The van der Waals surface area contributed by atoms with E-state index in [0.29, 0.717) is 5.92 Å². The molecule has 0 aromatic heterocycles. The summed E-state index contributed by atoms with van der Waals surface area (Å²) in [4.78, 5) is 0. The van der Waals surface area contributed by atoms with Crippen LogP contribution in [0.15, 0.2) is 18.2 Å². The van der Waals surface area contributed by atoms with Crippen LogP contribution in [-0.2, 0) is 0 Å². The maximum Gasteiger partial charge on any atom is 0.119 e. The first-order chi connectivity index (χ1) is 8.19. The smallest absolute Gasteiger partial charge is 0.119 e. The van der Waals surface area contributed by atoms with Crippen molar-refractivity contribution in [2.24, 2.45) is 0 Å². The highest BCUT2D eigenvalue weighted by atomic mass is 16.5. The summed E-state index contributed by atoms with van der Waals surface area (Å²) in [7, 11) is 0. The van der Waals surface area contributed by atoms with Crippen LogP contribution in [-0.4, -0.2) is 6.61 Å². The maximum absolute atomic E-state index is 5.49. The van der Waals surface area contributed by atoms with Gasteiger partial charge in [0.25, 0.3) is 0 Å². The first kappa shape index (κ1) is 13.6. The Hall–Kier alpha value is -1.42. The Balaban J connectivity index is 2.77. The highest BCUT2D eigenvalue weighted by Crippen LogP contribution is 2.25. The summed E-state index contributed by atoms with van der Waals surface area (Å²) in [5.74, 6) is 7.79. The Morgan fingerprint density at radius 2 is 2.00 bits per heavy atom. The highest BCUT2D eigenvalue weighted by Gasteiger charge is 2.08. The number of benzene rings is 1. The van der Waals surface area contributed by atoms with Crippen LogP contribution in [0.25, 0.3) is 0 Å². The van der Waals surface area contributed by atoms with Gasteiger partial charge in [-0.3, -0.25) is 0 Å². The predicted octanol–water partition coefficient (Wildman–Crippen LogP) is 4.30. The van der Waals surface area contributed by atoms with E-state index in [1.807, 2.05) is 6.92 Å². The van der Waals surface area contributed by atoms with Crippen LogP contribution in [0.3, 0.4) is 0 Å². The average molecular weight is 230 g/mol. The molecule has 0 aliphatic carbocycles. The Labute approximate surface area is 105 Å². The van der Waals surface area contributed by atoms with Crippen LogP contribution in [0.1, 0.15) is 50.7 Å². The molecule has 0 amide bonds. The van der Waals surface area contributed by atoms with Crippen LogP contribution in [0.2, 0.25) is 0 Å². The summed E-state index contributed by atoms with van der Waals surface area (Å²) in [5.41, 5.74) is 2.67. The van der Waals surface area contributed by atoms with Crippen molar-refractivity contribution in [1.29, 1.82) is 0 Å². The van der Waals surface area contributed by atoms with Crippen LogP contribution in [0.5, 0.6) is 5.75 Å². The number of hydrogen-bond donors (Lipinski definition) is 0. The molecule has 0 bridgehead atoms. The van der Waals surface area contributed by atoms with Gasteiger partial charge in [0.15, 0.2) is 0 Å². The van der Waals surface area contributed by atoms with Gasteiger partial charge in [-0.25, -0.2) is 0 Å². The summed E-state index contributed by atoms with van der Waals surface area (Å²) in [6, 6.07) is 6.33. The van der Waals surface area contributed by atoms with Gasteiger partial charge in [0.2, 0.25) is 0 Å². The normalized spacial score (nSPS) is 11.5. The molecule has 1 nitrogen and oxygen atoms in total. The van der Waals surface area contributed by atoms with Crippen molar-refractivity contribution in [2.75, 3.05) is 6.61 Å². The summed E-state index contributed by atoms with van der Waals surface area (Å²) in [5, 5.41) is 0. The van der Waals surface area contributed by atoms with Crippen molar-refractivity contribution >= 4 is 0 Å². The summed E-state index contributed by atoms with van der Waals surface area (Å²) < 4.78 is 5.49. The highest BCUT2D eigenvalue weighted by molar-refractivity contribution is 5.37. The molecule has 1 rings (SSSR count). The lowest BCUT2D eigenvalue weighted by Gasteiger charge is -2.13. The molecule has 1 aromatic rings. The minimum atomic E-state index is 0.490. The van der Waals surface area contributed by atoms with E-state index in [-0.39, 0.29) is 0 Å². The van der Waals surface area contributed by atoms with Crippen molar-refractivity contribution in [2.45, 2.75) is 46.5 Å². The Morgan fingerprint density at radius 1 is 1.24 bits per heavy atom. The van der Waals surface area contributed by atoms with E-state index < -0.39 is 0 Å². The second-order valence-electron chi connectivity index (χ2n) is 4.26. The molecule has 0 aliphatic rings. The number of aryl methyl sites for hydroxylation is 1. The van der Waals surface area contributed by atoms with Crippen LogP contribution in [0.4, 0.5) is 0 Å². The Bertz CT molecular complexity index is 409. The third-order valence-corrected chi connectivity index (χ3v) is 2.79. The zero-order valence-corrected chi connectivity index (χ0v) is 11.3. The fourth-order valence-corrected chi connectivity index (χ4v) is 1.92. The van der Waals surface area contributed by atoms with E-state index in [1.165, 1.54) is 11.1 Å². The third kappa shape index (κ3) is 4.15. The van der Waals surface area contributed by atoms with Gasteiger partial charge in [0.05, 0.1) is 6.61 Å². The SMILES string of the molecule is CCC#CCC(C)c1ccc(OCC)cc1C. The Morgan fingerprint density at radius 3 is 2.59 bits per heavy atom. The molecule has 1 atom stereocenters. The maximum atomic E-state index is 5.49. The molecule has 1 unspecified atom stereocenters. The predicted molar refractivity (Wildman–Crippen MR) is 73.4 cm³/mol. The third-order valence-electron chi connectivity index (χ3n) is 2.79. The van der Waals surface area contributed by atoms with E-state index in [9.17, 15) is 0 Å². The molecule has 0 spiro atoms. The molecule has 0 radical (unpaired) electrons. The molecule has 0 saturated carbocycles. The van der Waals surface area contributed by atoms with Gasteiger partial charge in [-0.2, -0.15) is 0 Å². The average Bonchev–Trinajstić information content (AvgIpc) is 2.29. The van der Waals surface area contributed by atoms with Crippen LogP contribution in [0, 0.1) is 18.8 Å². The standard InChI is InChI=1S/C16H22O/c1-5-7-8-9-13(3)16-11-10-15(17-6-2)12-14(16)4/h10-13H,5-6,9H2,1-4H3. The molecule has 17 heavy (non-hydrogen) atoms. The lowest BCUT2D eigenvalue weighted by molar-refractivity contribution is 0.340. The zero-order chi connectivity index (χ0) is 12.7. The van der Waals surface area contributed by atoms with Gasteiger partial charge in [0.1, 0.15) is 5.75 Å². The zero-order valence-electron chi connectivity index (χ0n) is 11.3. The van der Waals surface area contributed by atoms with E-state index in [4.69, 9.17) is 4.74 Å². The van der Waals surface area contributed by atoms with Crippen molar-refractivity contribution in [3.63, 3.8) is 0 Å². The molecule has 1 aromatic carbocycles.